The van der Waals surface area contributed by atoms with Gasteiger partial charge in [-0.25, -0.2) is 0 Å². The van der Waals surface area contributed by atoms with Crippen molar-refractivity contribution < 1.29 is 9.53 Å². The Morgan fingerprint density at radius 1 is 0.857 bits per heavy atom. The van der Waals surface area contributed by atoms with Crippen molar-refractivity contribution in [2.24, 2.45) is 62.4 Å². The molecule has 5 aliphatic rings. The van der Waals surface area contributed by atoms with Crippen LogP contribution in [-0.4, -0.2) is 18.6 Å². The molecule has 0 amide bonds. The van der Waals surface area contributed by atoms with Gasteiger partial charge >= 0.3 is 5.97 Å². The normalized spacial score (nSPS) is 52.5. The third-order valence-corrected chi connectivity index (χ3v) is 13.9. The molecule has 0 bridgehead atoms. The number of allylic oxidation sites excluding steroid dienone is 1. The van der Waals surface area contributed by atoms with Crippen LogP contribution in [0.1, 0.15) is 113 Å². The topological polar surface area (TPSA) is 52.3 Å². The molecule has 0 unspecified atom stereocenters. The number of carbonyl (C=O) groups is 1. The van der Waals surface area contributed by atoms with Crippen molar-refractivity contribution in [3.8, 4) is 0 Å². The second-order valence-corrected chi connectivity index (χ2v) is 15.3. The first kappa shape index (κ1) is 25.8. The Hall–Kier alpha value is -0.830. The van der Waals surface area contributed by atoms with Crippen LogP contribution in [0.15, 0.2) is 12.2 Å². The van der Waals surface area contributed by atoms with E-state index in [2.05, 4.69) is 48.1 Å². The van der Waals surface area contributed by atoms with Crippen molar-refractivity contribution in [3.05, 3.63) is 12.2 Å². The lowest BCUT2D eigenvalue weighted by Gasteiger charge is -2.73. The standard InChI is InChI=1S/C32H53NO2/c1-20(2)22-11-16-32(19-35-21(3)34)18-17-30(7)23(27(22)32)9-10-25-29(6)14-13-26(33)28(4,5)24(29)12-15-31(25,30)8/h22-27H,1,9-19,33H2,2-8H3/t22-,23+,24-,25+,26-,27+,29-,30+,31+,32+/m0/s1. The highest BCUT2D eigenvalue weighted by Crippen LogP contribution is 2.77. The summed E-state index contributed by atoms with van der Waals surface area (Å²) < 4.78 is 5.80. The van der Waals surface area contributed by atoms with Crippen LogP contribution < -0.4 is 5.73 Å². The van der Waals surface area contributed by atoms with Gasteiger partial charge in [0.05, 0.1) is 6.61 Å². The van der Waals surface area contributed by atoms with E-state index >= 15 is 0 Å². The fourth-order valence-corrected chi connectivity index (χ4v) is 11.8. The fourth-order valence-electron chi connectivity index (χ4n) is 11.8. The molecule has 0 aliphatic heterocycles. The first-order valence-corrected chi connectivity index (χ1v) is 14.8. The molecule has 0 aromatic carbocycles. The minimum absolute atomic E-state index is 0.120. The van der Waals surface area contributed by atoms with Gasteiger partial charge in [-0.05, 0) is 122 Å². The summed E-state index contributed by atoms with van der Waals surface area (Å²) in [5.74, 6) is 3.29. The highest BCUT2D eigenvalue weighted by molar-refractivity contribution is 5.65. The average Bonchev–Trinajstić information content (AvgIpc) is 3.16. The van der Waals surface area contributed by atoms with Crippen molar-refractivity contribution in [3.63, 3.8) is 0 Å². The summed E-state index contributed by atoms with van der Waals surface area (Å²) in [5.41, 5.74) is 9.59. The van der Waals surface area contributed by atoms with E-state index in [1.165, 1.54) is 69.8 Å². The second kappa shape index (κ2) is 8.08. The van der Waals surface area contributed by atoms with Gasteiger partial charge in [-0.1, -0.05) is 46.8 Å². The highest BCUT2D eigenvalue weighted by Gasteiger charge is 2.70. The summed E-state index contributed by atoms with van der Waals surface area (Å²) >= 11 is 0. The van der Waals surface area contributed by atoms with Gasteiger partial charge in [-0.15, -0.1) is 0 Å². The van der Waals surface area contributed by atoms with Crippen LogP contribution in [0.4, 0.5) is 0 Å². The van der Waals surface area contributed by atoms with Crippen molar-refractivity contribution in [2.45, 2.75) is 119 Å². The van der Waals surface area contributed by atoms with E-state index in [1.54, 1.807) is 6.92 Å². The number of hydrogen-bond donors (Lipinski definition) is 1. The number of rotatable bonds is 3. The molecule has 5 saturated carbocycles. The van der Waals surface area contributed by atoms with Gasteiger partial charge in [0, 0.05) is 18.4 Å². The Balaban J connectivity index is 1.53. The zero-order chi connectivity index (χ0) is 25.6. The molecule has 0 heterocycles. The maximum atomic E-state index is 11.9. The van der Waals surface area contributed by atoms with E-state index in [0.29, 0.717) is 46.6 Å². The molecular weight excluding hydrogens is 430 g/mol. The Morgan fingerprint density at radius 2 is 1.57 bits per heavy atom. The fraction of sp³-hybridized carbons (Fsp3) is 0.906. The predicted octanol–water partition coefficient (Wildman–Crippen LogP) is 7.53. The molecule has 35 heavy (non-hydrogen) atoms. The second-order valence-electron chi connectivity index (χ2n) is 15.3. The zero-order valence-corrected chi connectivity index (χ0v) is 23.8. The van der Waals surface area contributed by atoms with Gasteiger partial charge in [-0.2, -0.15) is 0 Å². The van der Waals surface area contributed by atoms with E-state index in [-0.39, 0.29) is 16.8 Å². The van der Waals surface area contributed by atoms with E-state index in [9.17, 15) is 4.79 Å². The average molecular weight is 484 g/mol. The van der Waals surface area contributed by atoms with Crippen LogP contribution in [-0.2, 0) is 9.53 Å². The molecule has 3 heteroatoms. The summed E-state index contributed by atoms with van der Waals surface area (Å²) in [5, 5.41) is 0. The highest BCUT2D eigenvalue weighted by atomic mass is 16.5. The Morgan fingerprint density at radius 3 is 2.23 bits per heavy atom. The van der Waals surface area contributed by atoms with Crippen molar-refractivity contribution in [2.75, 3.05) is 6.61 Å². The third kappa shape index (κ3) is 3.34. The van der Waals surface area contributed by atoms with Crippen molar-refractivity contribution in [1.82, 2.24) is 0 Å². The molecule has 5 fully saturated rings. The SMILES string of the molecule is C=C(C)[C@@H]1CC[C@]2(COC(C)=O)CC[C@]3(C)[C@H](CC[C@@H]4[C@@]5(C)CC[C@H](N)C(C)(C)[C@@H]5CC[C@]43C)[C@@H]12. The Labute approximate surface area is 215 Å². The first-order valence-electron chi connectivity index (χ1n) is 14.8. The van der Waals surface area contributed by atoms with Gasteiger partial charge in [0.15, 0.2) is 0 Å². The quantitative estimate of drug-likeness (QED) is 0.333. The molecule has 10 atom stereocenters. The van der Waals surface area contributed by atoms with Gasteiger partial charge in [0.2, 0.25) is 0 Å². The van der Waals surface area contributed by atoms with Gasteiger partial charge < -0.3 is 10.5 Å². The number of nitrogens with two attached hydrogens (primary N) is 1. The number of hydrogen-bond acceptors (Lipinski definition) is 3. The van der Waals surface area contributed by atoms with Crippen LogP contribution in [0.25, 0.3) is 0 Å². The van der Waals surface area contributed by atoms with Crippen LogP contribution in [0.5, 0.6) is 0 Å². The number of ether oxygens (including phenoxy) is 1. The molecule has 0 radical (unpaired) electrons. The third-order valence-electron chi connectivity index (χ3n) is 13.9. The molecule has 0 spiro atoms. The van der Waals surface area contributed by atoms with Crippen LogP contribution >= 0.6 is 0 Å². The monoisotopic (exact) mass is 483 g/mol. The summed E-state index contributed by atoms with van der Waals surface area (Å²) in [7, 11) is 0. The largest absolute Gasteiger partial charge is 0.465 e. The molecule has 2 N–H and O–H groups in total. The van der Waals surface area contributed by atoms with Gasteiger partial charge in [0.1, 0.15) is 0 Å². The van der Waals surface area contributed by atoms with Crippen LogP contribution in [0.2, 0.25) is 0 Å². The van der Waals surface area contributed by atoms with Crippen LogP contribution in [0.3, 0.4) is 0 Å². The van der Waals surface area contributed by atoms with Crippen LogP contribution in [0, 0.1) is 56.7 Å². The first-order chi connectivity index (χ1) is 16.2. The summed E-state index contributed by atoms with van der Waals surface area (Å²) in [4.78, 5) is 11.9. The van der Waals surface area contributed by atoms with Crippen molar-refractivity contribution >= 4 is 5.97 Å². The molecule has 3 nitrogen and oxygen atoms in total. The lowest BCUT2D eigenvalue weighted by molar-refractivity contribution is -0.241. The van der Waals surface area contributed by atoms with Gasteiger partial charge in [0.25, 0.3) is 0 Å². The zero-order valence-electron chi connectivity index (χ0n) is 23.8. The van der Waals surface area contributed by atoms with E-state index in [0.717, 1.165) is 11.8 Å². The Kier molecular flexibility index (Phi) is 5.96. The summed E-state index contributed by atoms with van der Waals surface area (Å²) in [6.07, 6.45) is 12.8. The molecule has 5 rings (SSSR count). The lowest BCUT2D eigenvalue weighted by Crippen LogP contribution is -2.67. The molecule has 198 valence electrons. The predicted molar refractivity (Wildman–Crippen MR) is 144 cm³/mol. The van der Waals surface area contributed by atoms with Gasteiger partial charge in [-0.3, -0.25) is 4.79 Å². The molecule has 0 aromatic heterocycles. The molecule has 5 aliphatic carbocycles. The van der Waals surface area contributed by atoms with E-state index < -0.39 is 0 Å². The molecule has 0 aromatic rings. The lowest BCUT2D eigenvalue weighted by atomic mass is 9.32. The minimum atomic E-state index is -0.120. The smallest absolute Gasteiger partial charge is 0.302 e. The van der Waals surface area contributed by atoms with Crippen molar-refractivity contribution in [1.29, 1.82) is 0 Å². The maximum Gasteiger partial charge on any atom is 0.302 e. The number of esters is 1. The Bertz CT molecular complexity index is 894. The van der Waals surface area contributed by atoms with E-state index in [1.807, 2.05) is 0 Å². The molecular formula is C32H53NO2. The molecule has 0 saturated heterocycles. The summed E-state index contributed by atoms with van der Waals surface area (Å²) in [6.45, 7) is 21.9. The van der Waals surface area contributed by atoms with E-state index in [4.69, 9.17) is 10.5 Å². The minimum Gasteiger partial charge on any atom is -0.465 e. The number of fused-ring (bicyclic) bond motifs is 7. The maximum absolute atomic E-state index is 11.9. The summed E-state index contributed by atoms with van der Waals surface area (Å²) in [6, 6.07) is 0.336. The number of carbonyl (C=O) groups excluding carboxylic acids is 1.